The summed E-state index contributed by atoms with van der Waals surface area (Å²) in [5.74, 6) is 1.81. The summed E-state index contributed by atoms with van der Waals surface area (Å²) in [5.41, 5.74) is 2.09. The molecule has 0 saturated carbocycles. The zero-order valence-electron chi connectivity index (χ0n) is 15.2. The summed E-state index contributed by atoms with van der Waals surface area (Å²) in [6, 6.07) is 18.6. The average Bonchev–Trinajstić information content (AvgIpc) is 3.08. The first-order valence-electron chi connectivity index (χ1n) is 8.84. The number of nitrogens with one attached hydrogen (secondary N) is 3. The number of thioether (sulfide) groups is 1. The first-order chi connectivity index (χ1) is 12.7. The maximum absolute atomic E-state index is 4.60. The predicted octanol–water partition coefficient (Wildman–Crippen LogP) is 3.45. The summed E-state index contributed by atoms with van der Waals surface area (Å²) in [6.07, 6.45) is 0.823. The van der Waals surface area contributed by atoms with Crippen LogP contribution in [0.15, 0.2) is 64.5 Å². The molecule has 0 saturated heterocycles. The second-order valence-electron chi connectivity index (χ2n) is 6.07. The summed E-state index contributed by atoms with van der Waals surface area (Å²) >= 11 is 1.86. The van der Waals surface area contributed by atoms with Crippen LogP contribution in [0, 0.1) is 0 Å². The zero-order chi connectivity index (χ0) is 18.2. The fourth-order valence-corrected chi connectivity index (χ4v) is 3.60. The van der Waals surface area contributed by atoms with E-state index < -0.39 is 0 Å². The Kier molecular flexibility index (Phi) is 6.55. The number of para-hydroxylation sites is 2. The third kappa shape index (κ3) is 5.26. The molecule has 3 N–H and O–H groups in total. The minimum atomic E-state index is 0.450. The van der Waals surface area contributed by atoms with E-state index in [1.807, 2.05) is 42.1 Å². The summed E-state index contributed by atoms with van der Waals surface area (Å²) in [4.78, 5) is 13.5. The third-order valence-electron chi connectivity index (χ3n) is 3.95. The quantitative estimate of drug-likeness (QED) is 0.340. The van der Waals surface area contributed by atoms with Gasteiger partial charge < -0.3 is 15.6 Å². The van der Waals surface area contributed by atoms with Crippen molar-refractivity contribution in [2.24, 2.45) is 4.99 Å². The molecule has 2 aromatic carbocycles. The van der Waals surface area contributed by atoms with Crippen LogP contribution in [0.3, 0.4) is 0 Å². The fraction of sp³-hybridized carbons (Fsp3) is 0.300. The average molecular weight is 368 g/mol. The topological polar surface area (TPSA) is 65.1 Å². The van der Waals surface area contributed by atoms with Gasteiger partial charge in [-0.25, -0.2) is 4.98 Å². The van der Waals surface area contributed by atoms with Crippen LogP contribution >= 0.6 is 11.8 Å². The van der Waals surface area contributed by atoms with Crippen molar-refractivity contribution in [2.75, 3.05) is 20.1 Å². The van der Waals surface area contributed by atoms with E-state index in [0.29, 0.717) is 5.25 Å². The number of aromatic amines is 1. The molecule has 0 fully saturated rings. The van der Waals surface area contributed by atoms with Crippen molar-refractivity contribution >= 4 is 28.8 Å². The molecule has 1 atom stereocenters. The van der Waals surface area contributed by atoms with Gasteiger partial charge in [0, 0.05) is 36.7 Å². The standard InChI is InChI=1S/C20H25N5S/c1-15(26-16-8-4-3-5-9-16)14-23-20(21-2)22-13-12-19-24-17-10-6-7-11-18(17)25-19/h3-11,15H,12-14H2,1-2H3,(H,24,25)(H2,21,22,23). The predicted molar refractivity (Wildman–Crippen MR) is 111 cm³/mol. The first-order valence-corrected chi connectivity index (χ1v) is 9.72. The van der Waals surface area contributed by atoms with E-state index in [9.17, 15) is 0 Å². The van der Waals surface area contributed by atoms with Gasteiger partial charge in [0.1, 0.15) is 5.82 Å². The van der Waals surface area contributed by atoms with E-state index in [0.717, 1.165) is 42.3 Å². The first kappa shape index (κ1) is 18.3. The second kappa shape index (κ2) is 9.29. The van der Waals surface area contributed by atoms with Crippen molar-refractivity contribution in [1.29, 1.82) is 0 Å². The van der Waals surface area contributed by atoms with Gasteiger partial charge in [-0.05, 0) is 24.3 Å². The molecule has 0 spiro atoms. The molecule has 0 aliphatic heterocycles. The smallest absolute Gasteiger partial charge is 0.191 e. The van der Waals surface area contributed by atoms with Crippen molar-refractivity contribution in [3.8, 4) is 0 Å². The Morgan fingerprint density at radius 3 is 2.65 bits per heavy atom. The minimum absolute atomic E-state index is 0.450. The Morgan fingerprint density at radius 2 is 1.88 bits per heavy atom. The van der Waals surface area contributed by atoms with Gasteiger partial charge in [0.05, 0.1) is 11.0 Å². The molecule has 3 rings (SSSR count). The van der Waals surface area contributed by atoms with E-state index in [4.69, 9.17) is 0 Å². The highest BCUT2D eigenvalue weighted by Crippen LogP contribution is 2.21. The van der Waals surface area contributed by atoms with Crippen molar-refractivity contribution in [3.63, 3.8) is 0 Å². The summed E-state index contributed by atoms with van der Waals surface area (Å²) in [5, 5.41) is 7.19. The third-order valence-corrected chi connectivity index (χ3v) is 5.07. The highest BCUT2D eigenvalue weighted by atomic mass is 32.2. The van der Waals surface area contributed by atoms with Crippen LogP contribution in [0.25, 0.3) is 11.0 Å². The van der Waals surface area contributed by atoms with Crippen molar-refractivity contribution < 1.29 is 0 Å². The number of hydrogen-bond acceptors (Lipinski definition) is 3. The number of imidazole rings is 1. The van der Waals surface area contributed by atoms with Gasteiger partial charge in [-0.2, -0.15) is 0 Å². The number of guanidine groups is 1. The molecule has 0 radical (unpaired) electrons. The largest absolute Gasteiger partial charge is 0.356 e. The molecule has 0 aliphatic rings. The van der Waals surface area contributed by atoms with Crippen LogP contribution in [0.5, 0.6) is 0 Å². The number of benzene rings is 2. The Morgan fingerprint density at radius 1 is 1.12 bits per heavy atom. The monoisotopic (exact) mass is 367 g/mol. The molecule has 0 aliphatic carbocycles. The number of rotatable bonds is 7. The number of aromatic nitrogens is 2. The number of aliphatic imine (C=N–C) groups is 1. The number of fused-ring (bicyclic) bond motifs is 1. The molecule has 136 valence electrons. The number of nitrogens with zero attached hydrogens (tertiary/aromatic N) is 2. The van der Waals surface area contributed by atoms with Crippen LogP contribution in [0.2, 0.25) is 0 Å². The van der Waals surface area contributed by atoms with E-state index in [2.05, 4.69) is 56.8 Å². The summed E-state index contributed by atoms with van der Waals surface area (Å²) in [7, 11) is 1.80. The molecule has 6 heteroatoms. The minimum Gasteiger partial charge on any atom is -0.356 e. The Labute approximate surface area is 158 Å². The van der Waals surface area contributed by atoms with Gasteiger partial charge in [0.15, 0.2) is 5.96 Å². The number of hydrogen-bond donors (Lipinski definition) is 3. The van der Waals surface area contributed by atoms with E-state index >= 15 is 0 Å². The molecular weight excluding hydrogens is 342 g/mol. The zero-order valence-corrected chi connectivity index (χ0v) is 16.0. The van der Waals surface area contributed by atoms with Crippen molar-refractivity contribution in [2.45, 2.75) is 23.5 Å². The Hall–Kier alpha value is -2.47. The molecule has 3 aromatic rings. The van der Waals surface area contributed by atoms with Gasteiger partial charge in [-0.1, -0.05) is 37.3 Å². The lowest BCUT2D eigenvalue weighted by molar-refractivity contribution is 0.767. The van der Waals surface area contributed by atoms with Crippen LogP contribution in [-0.4, -0.2) is 41.3 Å². The molecule has 26 heavy (non-hydrogen) atoms. The highest BCUT2D eigenvalue weighted by molar-refractivity contribution is 8.00. The molecule has 0 bridgehead atoms. The lowest BCUT2D eigenvalue weighted by Gasteiger charge is -2.15. The Balaban J connectivity index is 1.41. The van der Waals surface area contributed by atoms with Gasteiger partial charge in [0.25, 0.3) is 0 Å². The Bertz CT molecular complexity index is 811. The van der Waals surface area contributed by atoms with Crippen LogP contribution < -0.4 is 10.6 Å². The lowest BCUT2D eigenvalue weighted by atomic mass is 10.3. The van der Waals surface area contributed by atoms with Crippen molar-refractivity contribution in [3.05, 3.63) is 60.4 Å². The normalized spacial score (nSPS) is 12.9. The van der Waals surface area contributed by atoms with Crippen LogP contribution in [0.4, 0.5) is 0 Å². The van der Waals surface area contributed by atoms with E-state index in [1.54, 1.807) is 7.05 Å². The van der Waals surface area contributed by atoms with E-state index in [1.165, 1.54) is 4.90 Å². The lowest BCUT2D eigenvalue weighted by Crippen LogP contribution is -2.40. The molecule has 0 amide bonds. The van der Waals surface area contributed by atoms with Gasteiger partial charge in [0.2, 0.25) is 0 Å². The molecular formula is C20H25N5S. The van der Waals surface area contributed by atoms with Gasteiger partial charge in [-0.3, -0.25) is 4.99 Å². The van der Waals surface area contributed by atoms with Gasteiger partial charge in [-0.15, -0.1) is 11.8 Å². The second-order valence-corrected chi connectivity index (χ2v) is 7.58. The van der Waals surface area contributed by atoms with Crippen molar-refractivity contribution in [1.82, 2.24) is 20.6 Å². The summed E-state index contributed by atoms with van der Waals surface area (Å²) < 4.78 is 0. The fourth-order valence-electron chi connectivity index (χ4n) is 2.66. The van der Waals surface area contributed by atoms with E-state index in [-0.39, 0.29) is 0 Å². The van der Waals surface area contributed by atoms with Crippen LogP contribution in [-0.2, 0) is 6.42 Å². The molecule has 5 nitrogen and oxygen atoms in total. The molecule has 1 aromatic heterocycles. The molecule has 1 unspecified atom stereocenters. The molecule has 1 heterocycles. The van der Waals surface area contributed by atoms with Crippen LogP contribution in [0.1, 0.15) is 12.7 Å². The maximum Gasteiger partial charge on any atom is 0.191 e. The number of H-pyrrole nitrogens is 1. The van der Waals surface area contributed by atoms with Gasteiger partial charge >= 0.3 is 0 Å². The maximum atomic E-state index is 4.60. The highest BCUT2D eigenvalue weighted by Gasteiger charge is 2.06. The SMILES string of the molecule is CN=C(NCCc1nc2ccccc2[nH]1)NCC(C)Sc1ccccc1. The summed E-state index contributed by atoms with van der Waals surface area (Å²) in [6.45, 7) is 3.84.